The lowest BCUT2D eigenvalue weighted by Gasteiger charge is -2.07. The molecule has 0 aliphatic rings. The van der Waals surface area contributed by atoms with Gasteiger partial charge >= 0.3 is 6.03 Å². The molecule has 0 heterocycles. The molecular formula is C10H13ClN2O3. The Kier molecular flexibility index (Phi) is 4.88. The number of hydrogen-bond acceptors (Lipinski definition) is 3. The molecule has 4 N–H and O–H groups in total. The van der Waals surface area contributed by atoms with E-state index in [2.05, 4.69) is 5.32 Å². The number of aliphatic hydroxyl groups excluding tert-OH is 1. The summed E-state index contributed by atoms with van der Waals surface area (Å²) in [4.78, 5) is 10.5. The van der Waals surface area contributed by atoms with Crippen molar-refractivity contribution in [2.45, 2.75) is 12.0 Å². The second kappa shape index (κ2) is 6.19. The van der Waals surface area contributed by atoms with Crippen LogP contribution in [0.2, 0.25) is 0 Å². The molecule has 0 saturated heterocycles. The van der Waals surface area contributed by atoms with Crippen molar-refractivity contribution in [3.05, 3.63) is 24.3 Å². The third-order valence-electron chi connectivity index (χ3n) is 1.75. The number of nitrogens with one attached hydrogen (secondary N) is 1. The van der Waals surface area contributed by atoms with E-state index in [0.29, 0.717) is 24.5 Å². The number of carbonyl (C=O) groups is 1. The lowest BCUT2D eigenvalue weighted by atomic mass is 10.3. The molecular weight excluding hydrogens is 232 g/mol. The number of amides is 2. The molecule has 1 rings (SSSR count). The lowest BCUT2D eigenvalue weighted by Crippen LogP contribution is -2.19. The maximum Gasteiger partial charge on any atom is 0.316 e. The zero-order valence-corrected chi connectivity index (χ0v) is 9.28. The van der Waals surface area contributed by atoms with Gasteiger partial charge in [-0.25, -0.2) is 4.79 Å². The molecule has 0 spiro atoms. The topological polar surface area (TPSA) is 84.6 Å². The zero-order chi connectivity index (χ0) is 12.0. The molecule has 0 aromatic heterocycles. The number of aliphatic hydroxyl groups is 1. The molecule has 2 amide bonds. The van der Waals surface area contributed by atoms with Gasteiger partial charge < -0.3 is 20.9 Å². The smallest absolute Gasteiger partial charge is 0.316 e. The Balaban J connectivity index is 2.42. The largest absolute Gasteiger partial charge is 0.493 e. The third kappa shape index (κ3) is 4.86. The van der Waals surface area contributed by atoms with Crippen LogP contribution in [0.15, 0.2) is 24.3 Å². The van der Waals surface area contributed by atoms with Crippen molar-refractivity contribution < 1.29 is 14.6 Å². The Bertz CT molecular complexity index is 340. The highest BCUT2D eigenvalue weighted by Gasteiger charge is 2.00. The molecule has 0 radical (unpaired) electrons. The highest BCUT2D eigenvalue weighted by Crippen LogP contribution is 2.15. The Morgan fingerprint density at radius 3 is 2.62 bits per heavy atom. The van der Waals surface area contributed by atoms with Gasteiger partial charge in [-0.1, -0.05) is 11.6 Å². The van der Waals surface area contributed by atoms with Crippen LogP contribution < -0.4 is 15.8 Å². The normalized spacial score (nSPS) is 11.9. The van der Waals surface area contributed by atoms with Crippen molar-refractivity contribution in [3.63, 3.8) is 0 Å². The number of urea groups is 1. The monoisotopic (exact) mass is 244 g/mol. The van der Waals surface area contributed by atoms with Crippen LogP contribution in [0.5, 0.6) is 5.75 Å². The van der Waals surface area contributed by atoms with Crippen LogP contribution >= 0.6 is 11.6 Å². The fraction of sp³-hybridized carbons (Fsp3) is 0.300. The molecule has 0 saturated carbocycles. The minimum atomic E-state index is -0.893. The molecule has 0 aliphatic carbocycles. The first-order chi connectivity index (χ1) is 7.58. The summed E-state index contributed by atoms with van der Waals surface area (Å²) in [6.45, 7) is 0.327. The van der Waals surface area contributed by atoms with Gasteiger partial charge in [-0.15, -0.1) is 0 Å². The van der Waals surface area contributed by atoms with E-state index in [4.69, 9.17) is 27.2 Å². The van der Waals surface area contributed by atoms with Crippen molar-refractivity contribution >= 4 is 23.3 Å². The lowest BCUT2D eigenvalue weighted by molar-refractivity contribution is 0.203. The van der Waals surface area contributed by atoms with Crippen LogP contribution in [0.1, 0.15) is 6.42 Å². The van der Waals surface area contributed by atoms with E-state index < -0.39 is 11.6 Å². The minimum absolute atomic E-state index is 0.327. The first kappa shape index (κ1) is 12.6. The predicted molar refractivity (Wildman–Crippen MR) is 61.6 cm³/mol. The fourth-order valence-electron chi connectivity index (χ4n) is 1.05. The van der Waals surface area contributed by atoms with Gasteiger partial charge in [-0.05, 0) is 24.3 Å². The maximum atomic E-state index is 10.5. The number of halogens is 1. The second-order valence-corrected chi connectivity index (χ2v) is 3.59. The van der Waals surface area contributed by atoms with E-state index >= 15 is 0 Å². The summed E-state index contributed by atoms with van der Waals surface area (Å²) in [6.07, 6.45) is 0.350. The van der Waals surface area contributed by atoms with Crippen molar-refractivity contribution in [1.82, 2.24) is 0 Å². The number of benzene rings is 1. The summed E-state index contributed by atoms with van der Waals surface area (Å²) < 4.78 is 5.29. The third-order valence-corrected chi connectivity index (χ3v) is 1.96. The van der Waals surface area contributed by atoms with Crippen LogP contribution in [-0.4, -0.2) is 23.3 Å². The Morgan fingerprint density at radius 2 is 2.12 bits per heavy atom. The Hall–Kier alpha value is -1.46. The van der Waals surface area contributed by atoms with Crippen LogP contribution in [0.25, 0.3) is 0 Å². The van der Waals surface area contributed by atoms with Gasteiger partial charge in [0.05, 0.1) is 6.61 Å². The average molecular weight is 245 g/mol. The van der Waals surface area contributed by atoms with E-state index in [9.17, 15) is 4.79 Å². The van der Waals surface area contributed by atoms with E-state index in [0.717, 1.165) is 0 Å². The van der Waals surface area contributed by atoms with Gasteiger partial charge in [-0.3, -0.25) is 0 Å². The number of nitrogens with two attached hydrogens (primary N) is 1. The molecule has 88 valence electrons. The average Bonchev–Trinajstić information content (AvgIpc) is 2.19. The highest BCUT2D eigenvalue weighted by atomic mass is 35.5. The number of rotatable bonds is 5. The van der Waals surface area contributed by atoms with Crippen molar-refractivity contribution in [2.24, 2.45) is 5.73 Å². The molecule has 5 nitrogen and oxygen atoms in total. The van der Waals surface area contributed by atoms with E-state index in [-0.39, 0.29) is 0 Å². The van der Waals surface area contributed by atoms with Crippen molar-refractivity contribution in [1.29, 1.82) is 0 Å². The standard InChI is InChI=1S/C10H13ClN2O3/c11-9(14)5-6-16-8-3-1-7(2-4-8)13-10(12)15/h1-4,9,14H,5-6H2,(H3,12,13,15)/t9-/m1/s1. The Morgan fingerprint density at radius 1 is 1.50 bits per heavy atom. The molecule has 0 unspecified atom stereocenters. The molecule has 0 aliphatic heterocycles. The summed E-state index contributed by atoms with van der Waals surface area (Å²) in [5.74, 6) is 0.632. The summed E-state index contributed by atoms with van der Waals surface area (Å²) >= 11 is 5.34. The number of hydrogen-bond donors (Lipinski definition) is 3. The summed E-state index contributed by atoms with van der Waals surface area (Å²) in [7, 11) is 0. The van der Waals surface area contributed by atoms with Gasteiger partial charge in [0.15, 0.2) is 0 Å². The first-order valence-corrected chi connectivity index (χ1v) is 5.13. The SMILES string of the molecule is NC(=O)Nc1ccc(OCC[C@@H](O)Cl)cc1. The van der Waals surface area contributed by atoms with E-state index in [1.807, 2.05) is 0 Å². The van der Waals surface area contributed by atoms with Crippen molar-refractivity contribution in [3.8, 4) is 5.75 Å². The molecule has 1 aromatic rings. The molecule has 6 heteroatoms. The minimum Gasteiger partial charge on any atom is -0.493 e. The number of alkyl halides is 1. The van der Waals surface area contributed by atoms with E-state index in [1.165, 1.54) is 0 Å². The second-order valence-electron chi connectivity index (χ2n) is 3.09. The molecule has 16 heavy (non-hydrogen) atoms. The van der Waals surface area contributed by atoms with Crippen LogP contribution in [0.4, 0.5) is 10.5 Å². The predicted octanol–water partition coefficient (Wildman–Crippen LogP) is 1.50. The number of ether oxygens (including phenoxy) is 1. The quantitative estimate of drug-likeness (QED) is 0.687. The fourth-order valence-corrected chi connectivity index (χ4v) is 1.14. The van der Waals surface area contributed by atoms with Gasteiger partial charge in [0.25, 0.3) is 0 Å². The highest BCUT2D eigenvalue weighted by molar-refractivity contribution is 6.19. The summed E-state index contributed by atoms with van der Waals surface area (Å²) in [5.41, 5.74) is 4.65. The van der Waals surface area contributed by atoms with Gasteiger partial charge in [0.1, 0.15) is 11.3 Å². The number of carbonyl (C=O) groups excluding carboxylic acids is 1. The van der Waals surface area contributed by atoms with E-state index in [1.54, 1.807) is 24.3 Å². The number of anilines is 1. The van der Waals surface area contributed by atoms with Crippen LogP contribution in [-0.2, 0) is 0 Å². The van der Waals surface area contributed by atoms with Crippen LogP contribution in [0.3, 0.4) is 0 Å². The maximum absolute atomic E-state index is 10.5. The van der Waals surface area contributed by atoms with Crippen LogP contribution in [0, 0.1) is 0 Å². The van der Waals surface area contributed by atoms with Crippen molar-refractivity contribution in [2.75, 3.05) is 11.9 Å². The number of primary amides is 1. The van der Waals surface area contributed by atoms with Gasteiger partial charge in [0, 0.05) is 12.1 Å². The van der Waals surface area contributed by atoms with Gasteiger partial charge in [-0.2, -0.15) is 0 Å². The van der Waals surface area contributed by atoms with Gasteiger partial charge in [0.2, 0.25) is 0 Å². The summed E-state index contributed by atoms with van der Waals surface area (Å²) in [6, 6.07) is 6.09. The first-order valence-electron chi connectivity index (χ1n) is 4.69. The molecule has 1 atom stereocenters. The Labute approximate surface area is 98.2 Å². The molecule has 0 bridgehead atoms. The zero-order valence-electron chi connectivity index (χ0n) is 8.52. The molecule has 0 fully saturated rings. The molecule has 1 aromatic carbocycles. The summed E-state index contributed by atoms with van der Waals surface area (Å²) in [5, 5.41) is 11.2.